The summed E-state index contributed by atoms with van der Waals surface area (Å²) in [5.41, 5.74) is 0. The van der Waals surface area contributed by atoms with Crippen molar-refractivity contribution >= 4 is 31.9 Å². The Hall–Kier alpha value is -1.06. The fourth-order valence-electron chi connectivity index (χ4n) is 2.28. The predicted octanol–water partition coefficient (Wildman–Crippen LogP) is 2.07. The molecule has 21 heavy (non-hydrogen) atoms. The molecule has 0 aromatic heterocycles. The molecule has 0 bridgehead atoms. The first-order chi connectivity index (χ1) is 9.64. The van der Waals surface area contributed by atoms with Crippen LogP contribution in [0.3, 0.4) is 0 Å². The lowest BCUT2D eigenvalue weighted by molar-refractivity contribution is -0.142. The zero-order chi connectivity index (χ0) is 15.9. The molecule has 0 spiro atoms. The normalized spacial score (nSPS) is 23.4. The summed E-state index contributed by atoms with van der Waals surface area (Å²) in [4.78, 5) is 10.2. The van der Waals surface area contributed by atoms with Crippen molar-refractivity contribution in [2.45, 2.75) is 11.8 Å². The fraction of sp³-hybridized carbons (Fsp3) is 0.417. The van der Waals surface area contributed by atoms with Crippen LogP contribution in [0.1, 0.15) is 6.92 Å². The molecule has 1 aromatic carbocycles. The predicted molar refractivity (Wildman–Crippen MR) is 73.1 cm³/mol. The molecule has 2 atom stereocenters. The molecule has 116 valence electrons. The average Bonchev–Trinajstić information content (AvgIpc) is 2.76. The molecule has 2 rings (SSSR count). The van der Waals surface area contributed by atoms with E-state index in [1.807, 2.05) is 0 Å². The van der Waals surface area contributed by atoms with Crippen molar-refractivity contribution in [1.29, 1.82) is 0 Å². The first kappa shape index (κ1) is 16.3. The van der Waals surface area contributed by atoms with Gasteiger partial charge in [-0.2, -0.15) is 4.31 Å². The molecule has 1 N–H and O–H groups in total. The van der Waals surface area contributed by atoms with Crippen LogP contribution in [-0.2, 0) is 14.8 Å². The Morgan fingerprint density at radius 1 is 1.33 bits per heavy atom. The van der Waals surface area contributed by atoms with Crippen LogP contribution in [0, 0.1) is 23.5 Å². The minimum absolute atomic E-state index is 0.0452. The van der Waals surface area contributed by atoms with E-state index >= 15 is 0 Å². The van der Waals surface area contributed by atoms with Crippen LogP contribution >= 0.6 is 15.9 Å². The van der Waals surface area contributed by atoms with E-state index in [4.69, 9.17) is 5.11 Å². The topological polar surface area (TPSA) is 74.7 Å². The molecule has 1 heterocycles. The SMILES string of the molecule is C[C@@H]1CN(S(=O)(=O)c2cc(F)c(Br)cc2F)C[C@H]1C(=O)O. The molecule has 1 aliphatic heterocycles. The van der Waals surface area contributed by atoms with Crippen LogP contribution in [0.25, 0.3) is 0 Å². The van der Waals surface area contributed by atoms with Gasteiger partial charge in [-0.05, 0) is 34.0 Å². The van der Waals surface area contributed by atoms with E-state index < -0.39 is 44.4 Å². The smallest absolute Gasteiger partial charge is 0.308 e. The Bertz CT molecular complexity index is 695. The Kier molecular flexibility index (Phi) is 4.36. The molecular formula is C12H12BrF2NO4S. The molecule has 1 saturated heterocycles. The number of sulfonamides is 1. The number of hydrogen-bond donors (Lipinski definition) is 1. The van der Waals surface area contributed by atoms with Crippen molar-refractivity contribution in [1.82, 2.24) is 4.31 Å². The Morgan fingerprint density at radius 3 is 2.48 bits per heavy atom. The van der Waals surface area contributed by atoms with Gasteiger partial charge < -0.3 is 5.11 Å². The lowest BCUT2D eigenvalue weighted by atomic mass is 9.99. The quantitative estimate of drug-likeness (QED) is 0.810. The molecule has 0 radical (unpaired) electrons. The van der Waals surface area contributed by atoms with E-state index in [2.05, 4.69) is 15.9 Å². The van der Waals surface area contributed by atoms with Gasteiger partial charge in [0, 0.05) is 13.1 Å². The lowest BCUT2D eigenvalue weighted by Crippen LogP contribution is -2.30. The second-order valence-electron chi connectivity index (χ2n) is 4.94. The number of nitrogens with zero attached hydrogens (tertiary/aromatic N) is 1. The number of rotatable bonds is 3. The van der Waals surface area contributed by atoms with Crippen LogP contribution in [0.5, 0.6) is 0 Å². The van der Waals surface area contributed by atoms with Crippen molar-refractivity contribution in [2.24, 2.45) is 11.8 Å². The third-order valence-corrected chi connectivity index (χ3v) is 5.94. The highest BCUT2D eigenvalue weighted by Crippen LogP contribution is 2.31. The zero-order valence-corrected chi connectivity index (χ0v) is 13.3. The second-order valence-corrected chi connectivity index (χ2v) is 7.70. The van der Waals surface area contributed by atoms with Gasteiger partial charge in [-0.15, -0.1) is 0 Å². The number of carboxylic acid groups (broad SMARTS) is 1. The summed E-state index contributed by atoms with van der Waals surface area (Å²) < 4.78 is 52.7. The molecule has 0 amide bonds. The second kappa shape index (κ2) is 5.62. The Morgan fingerprint density at radius 2 is 1.95 bits per heavy atom. The third-order valence-electron chi connectivity index (χ3n) is 3.49. The maximum absolute atomic E-state index is 13.8. The molecule has 0 saturated carbocycles. The number of carboxylic acids is 1. The Balaban J connectivity index is 2.40. The lowest BCUT2D eigenvalue weighted by Gasteiger charge is -2.16. The minimum Gasteiger partial charge on any atom is -0.481 e. The first-order valence-electron chi connectivity index (χ1n) is 6.02. The fourth-order valence-corrected chi connectivity index (χ4v) is 4.22. The van der Waals surface area contributed by atoms with Gasteiger partial charge in [-0.25, -0.2) is 17.2 Å². The maximum atomic E-state index is 13.8. The molecule has 0 aliphatic carbocycles. The van der Waals surface area contributed by atoms with Crippen LogP contribution in [0.4, 0.5) is 8.78 Å². The number of hydrogen-bond acceptors (Lipinski definition) is 3. The van der Waals surface area contributed by atoms with Gasteiger partial charge in [0.15, 0.2) is 0 Å². The van der Waals surface area contributed by atoms with Gasteiger partial charge in [-0.1, -0.05) is 6.92 Å². The third kappa shape index (κ3) is 2.95. The van der Waals surface area contributed by atoms with Gasteiger partial charge in [-0.3, -0.25) is 4.79 Å². The summed E-state index contributed by atoms with van der Waals surface area (Å²) in [7, 11) is -4.27. The van der Waals surface area contributed by atoms with E-state index in [1.165, 1.54) is 0 Å². The van der Waals surface area contributed by atoms with Gasteiger partial charge in [0.25, 0.3) is 0 Å². The molecule has 1 fully saturated rings. The van der Waals surface area contributed by atoms with E-state index in [0.29, 0.717) is 6.07 Å². The summed E-state index contributed by atoms with van der Waals surface area (Å²) >= 11 is 2.77. The van der Waals surface area contributed by atoms with Crippen LogP contribution in [-0.4, -0.2) is 36.9 Å². The maximum Gasteiger partial charge on any atom is 0.308 e. The first-order valence-corrected chi connectivity index (χ1v) is 8.25. The number of halogens is 3. The van der Waals surface area contributed by atoms with E-state index in [-0.39, 0.29) is 17.6 Å². The van der Waals surface area contributed by atoms with Crippen LogP contribution < -0.4 is 0 Å². The molecular weight excluding hydrogens is 372 g/mol. The molecule has 5 nitrogen and oxygen atoms in total. The molecule has 0 unspecified atom stereocenters. The van der Waals surface area contributed by atoms with Crippen LogP contribution in [0.2, 0.25) is 0 Å². The molecule has 1 aliphatic rings. The van der Waals surface area contributed by atoms with Gasteiger partial charge in [0.1, 0.15) is 16.5 Å². The summed E-state index contributed by atoms with van der Waals surface area (Å²) in [6.07, 6.45) is 0. The van der Waals surface area contributed by atoms with Crippen molar-refractivity contribution in [3.05, 3.63) is 28.2 Å². The minimum atomic E-state index is -4.27. The van der Waals surface area contributed by atoms with E-state index in [1.54, 1.807) is 6.92 Å². The van der Waals surface area contributed by atoms with Gasteiger partial charge >= 0.3 is 5.97 Å². The van der Waals surface area contributed by atoms with E-state index in [0.717, 1.165) is 10.4 Å². The van der Waals surface area contributed by atoms with Crippen molar-refractivity contribution in [3.8, 4) is 0 Å². The highest BCUT2D eigenvalue weighted by Gasteiger charge is 2.41. The van der Waals surface area contributed by atoms with Crippen molar-refractivity contribution in [2.75, 3.05) is 13.1 Å². The number of benzene rings is 1. The summed E-state index contributed by atoms with van der Waals surface area (Å²) in [6.45, 7) is 1.30. The summed E-state index contributed by atoms with van der Waals surface area (Å²) in [6, 6.07) is 1.32. The van der Waals surface area contributed by atoms with Crippen molar-refractivity contribution < 1.29 is 27.1 Å². The number of aliphatic carboxylic acids is 1. The average molecular weight is 384 g/mol. The molecule has 1 aromatic rings. The summed E-state index contributed by atoms with van der Waals surface area (Å²) in [5, 5.41) is 9.01. The highest BCUT2D eigenvalue weighted by atomic mass is 79.9. The Labute approximate surface area is 128 Å². The van der Waals surface area contributed by atoms with Crippen LogP contribution in [0.15, 0.2) is 21.5 Å². The molecule has 9 heteroatoms. The van der Waals surface area contributed by atoms with Crippen molar-refractivity contribution in [3.63, 3.8) is 0 Å². The largest absolute Gasteiger partial charge is 0.481 e. The number of carbonyl (C=O) groups is 1. The van der Waals surface area contributed by atoms with E-state index in [9.17, 15) is 22.0 Å². The summed E-state index contributed by atoms with van der Waals surface area (Å²) in [5.74, 6) is -4.36. The monoisotopic (exact) mass is 383 g/mol. The van der Waals surface area contributed by atoms with Gasteiger partial charge in [0.05, 0.1) is 10.4 Å². The van der Waals surface area contributed by atoms with Gasteiger partial charge in [0.2, 0.25) is 10.0 Å². The standard InChI is InChI=1S/C12H12BrF2NO4S/c1-6-4-16(5-7(6)12(17)18)21(19,20)11-3-9(14)8(13)2-10(11)15/h2-3,6-7H,4-5H2,1H3,(H,17,18)/t6-,7-/m1/s1. The zero-order valence-electron chi connectivity index (χ0n) is 10.9. The highest BCUT2D eigenvalue weighted by molar-refractivity contribution is 9.10.